The maximum absolute atomic E-state index is 13.4. The predicted molar refractivity (Wildman–Crippen MR) is 78.5 cm³/mol. The van der Waals surface area contributed by atoms with Gasteiger partial charge in [0.15, 0.2) is 0 Å². The van der Waals surface area contributed by atoms with Gasteiger partial charge in [0.05, 0.1) is 12.2 Å². The van der Waals surface area contributed by atoms with E-state index in [0.29, 0.717) is 5.56 Å². The molecule has 2 atom stereocenters. The molecule has 1 heterocycles. The predicted octanol–water partition coefficient (Wildman–Crippen LogP) is 3.27. The van der Waals surface area contributed by atoms with Crippen molar-refractivity contribution in [2.24, 2.45) is 0 Å². The van der Waals surface area contributed by atoms with Crippen LogP contribution in [0.15, 0.2) is 18.2 Å². The van der Waals surface area contributed by atoms with E-state index in [0.717, 1.165) is 44.6 Å². The summed E-state index contributed by atoms with van der Waals surface area (Å²) in [5.74, 6) is -0.305. The number of ether oxygens (including phenoxy) is 1. The van der Waals surface area contributed by atoms with Crippen LogP contribution in [0.3, 0.4) is 0 Å². The molecule has 0 bridgehead atoms. The second-order valence-electron chi connectivity index (χ2n) is 5.46. The Labute approximate surface area is 120 Å². The monoisotopic (exact) mass is 281 g/mol. The molecular weight excluding hydrogens is 257 g/mol. The minimum atomic E-state index is -0.669. The first-order valence-corrected chi connectivity index (χ1v) is 7.46. The number of halogens is 1. The van der Waals surface area contributed by atoms with Crippen LogP contribution in [0.2, 0.25) is 0 Å². The van der Waals surface area contributed by atoms with Gasteiger partial charge in [0.25, 0.3) is 0 Å². The van der Waals surface area contributed by atoms with Crippen LogP contribution in [-0.4, -0.2) is 30.9 Å². The van der Waals surface area contributed by atoms with E-state index in [4.69, 9.17) is 4.74 Å². The quantitative estimate of drug-likeness (QED) is 0.899. The smallest absolute Gasteiger partial charge is 0.123 e. The molecule has 1 N–H and O–H groups in total. The highest BCUT2D eigenvalue weighted by Gasteiger charge is 2.23. The van der Waals surface area contributed by atoms with Gasteiger partial charge >= 0.3 is 0 Å². The third-order valence-corrected chi connectivity index (χ3v) is 3.72. The summed E-state index contributed by atoms with van der Waals surface area (Å²) in [7, 11) is 0. The summed E-state index contributed by atoms with van der Waals surface area (Å²) < 4.78 is 19.2. The van der Waals surface area contributed by atoms with Crippen molar-refractivity contribution < 1.29 is 14.2 Å². The SMILES string of the molecule is CCCOC1CCCN(c2ccc(F)cc2[C@H](C)O)C1. The van der Waals surface area contributed by atoms with Crippen LogP contribution >= 0.6 is 0 Å². The van der Waals surface area contributed by atoms with Crippen LogP contribution in [-0.2, 0) is 4.74 Å². The maximum atomic E-state index is 13.4. The van der Waals surface area contributed by atoms with Crippen molar-refractivity contribution in [3.8, 4) is 0 Å². The number of aliphatic hydroxyl groups is 1. The highest BCUT2D eigenvalue weighted by Crippen LogP contribution is 2.30. The minimum absolute atomic E-state index is 0.232. The Morgan fingerprint density at radius 3 is 3.00 bits per heavy atom. The van der Waals surface area contributed by atoms with Crippen molar-refractivity contribution in [3.05, 3.63) is 29.6 Å². The summed E-state index contributed by atoms with van der Waals surface area (Å²) in [5.41, 5.74) is 1.58. The Hall–Kier alpha value is -1.13. The van der Waals surface area contributed by atoms with E-state index < -0.39 is 6.10 Å². The van der Waals surface area contributed by atoms with Crippen molar-refractivity contribution in [2.45, 2.75) is 45.3 Å². The van der Waals surface area contributed by atoms with Crippen molar-refractivity contribution in [1.82, 2.24) is 0 Å². The van der Waals surface area contributed by atoms with Crippen molar-refractivity contribution in [1.29, 1.82) is 0 Å². The van der Waals surface area contributed by atoms with E-state index in [1.165, 1.54) is 12.1 Å². The molecule has 3 nitrogen and oxygen atoms in total. The van der Waals surface area contributed by atoms with Gasteiger partial charge in [-0.25, -0.2) is 4.39 Å². The Morgan fingerprint density at radius 1 is 1.50 bits per heavy atom. The number of benzene rings is 1. The molecule has 0 spiro atoms. The Bertz CT molecular complexity index is 436. The molecule has 0 aliphatic carbocycles. The van der Waals surface area contributed by atoms with Gasteiger partial charge in [0, 0.05) is 30.9 Å². The van der Waals surface area contributed by atoms with Gasteiger partial charge in [0.1, 0.15) is 5.82 Å². The topological polar surface area (TPSA) is 32.7 Å². The molecule has 4 heteroatoms. The molecule has 0 amide bonds. The van der Waals surface area contributed by atoms with Crippen molar-refractivity contribution in [3.63, 3.8) is 0 Å². The lowest BCUT2D eigenvalue weighted by molar-refractivity contribution is 0.0439. The standard InChI is InChI=1S/C16H24FNO2/c1-3-9-20-14-5-4-8-18(11-14)16-7-6-13(17)10-15(16)12(2)19/h6-7,10,12,14,19H,3-5,8-9,11H2,1-2H3/t12-,14?/m0/s1. The zero-order valence-corrected chi connectivity index (χ0v) is 12.3. The summed E-state index contributed by atoms with van der Waals surface area (Å²) >= 11 is 0. The molecule has 20 heavy (non-hydrogen) atoms. The molecular formula is C16H24FNO2. The number of nitrogens with zero attached hydrogens (tertiary/aromatic N) is 1. The third kappa shape index (κ3) is 3.70. The van der Waals surface area contributed by atoms with Crippen LogP contribution in [0, 0.1) is 5.82 Å². The molecule has 1 aromatic rings. The van der Waals surface area contributed by atoms with Gasteiger partial charge in [-0.15, -0.1) is 0 Å². The second-order valence-corrected chi connectivity index (χ2v) is 5.46. The fourth-order valence-electron chi connectivity index (χ4n) is 2.73. The molecule has 0 aromatic heterocycles. The molecule has 1 aliphatic heterocycles. The normalized spacial score (nSPS) is 21.0. The molecule has 1 aromatic carbocycles. The summed E-state index contributed by atoms with van der Waals surface area (Å²) in [5, 5.41) is 9.84. The Morgan fingerprint density at radius 2 is 2.30 bits per heavy atom. The Balaban J connectivity index is 2.14. The molecule has 1 unspecified atom stereocenters. The average Bonchev–Trinajstić information content (AvgIpc) is 2.45. The molecule has 112 valence electrons. The van der Waals surface area contributed by atoms with E-state index in [1.54, 1.807) is 13.0 Å². The lowest BCUT2D eigenvalue weighted by atomic mass is 10.0. The van der Waals surface area contributed by atoms with Gasteiger partial charge in [-0.1, -0.05) is 6.92 Å². The number of rotatable bonds is 5. The fraction of sp³-hybridized carbons (Fsp3) is 0.625. The third-order valence-electron chi connectivity index (χ3n) is 3.72. The molecule has 0 radical (unpaired) electrons. The van der Waals surface area contributed by atoms with Crippen LogP contribution in [0.25, 0.3) is 0 Å². The van der Waals surface area contributed by atoms with Crippen molar-refractivity contribution >= 4 is 5.69 Å². The molecule has 0 saturated carbocycles. The largest absolute Gasteiger partial charge is 0.389 e. The first-order valence-electron chi connectivity index (χ1n) is 7.46. The number of anilines is 1. The first kappa shape index (κ1) is 15.3. The second kappa shape index (κ2) is 7.04. The van der Waals surface area contributed by atoms with E-state index in [1.807, 2.05) is 0 Å². The van der Waals surface area contributed by atoms with Gasteiger partial charge in [0.2, 0.25) is 0 Å². The van der Waals surface area contributed by atoms with Gasteiger partial charge in [-0.3, -0.25) is 0 Å². The van der Waals surface area contributed by atoms with E-state index in [-0.39, 0.29) is 11.9 Å². The van der Waals surface area contributed by atoms with Gasteiger partial charge < -0.3 is 14.7 Å². The molecule has 1 aliphatic rings. The lowest BCUT2D eigenvalue weighted by Gasteiger charge is -2.35. The Kier molecular flexibility index (Phi) is 5.38. The number of hydrogen-bond donors (Lipinski definition) is 1. The van der Waals surface area contributed by atoms with Crippen LogP contribution in [0.4, 0.5) is 10.1 Å². The summed E-state index contributed by atoms with van der Waals surface area (Å²) in [6, 6.07) is 4.65. The van der Waals surface area contributed by atoms with Crippen LogP contribution in [0.1, 0.15) is 44.8 Å². The summed E-state index contributed by atoms with van der Waals surface area (Å²) in [6.07, 6.45) is 2.71. The summed E-state index contributed by atoms with van der Waals surface area (Å²) in [4.78, 5) is 2.20. The highest BCUT2D eigenvalue weighted by molar-refractivity contribution is 5.55. The van der Waals surface area contributed by atoms with E-state index in [9.17, 15) is 9.50 Å². The average molecular weight is 281 g/mol. The number of piperidine rings is 1. The van der Waals surface area contributed by atoms with Crippen LogP contribution < -0.4 is 4.90 Å². The van der Waals surface area contributed by atoms with E-state index >= 15 is 0 Å². The summed E-state index contributed by atoms with van der Waals surface area (Å²) in [6.45, 7) is 6.30. The zero-order chi connectivity index (χ0) is 14.5. The number of hydrogen-bond acceptors (Lipinski definition) is 3. The zero-order valence-electron chi connectivity index (χ0n) is 12.3. The number of aliphatic hydroxyl groups excluding tert-OH is 1. The van der Waals surface area contributed by atoms with Crippen LogP contribution in [0.5, 0.6) is 0 Å². The molecule has 1 fully saturated rings. The maximum Gasteiger partial charge on any atom is 0.123 e. The van der Waals surface area contributed by atoms with Gasteiger partial charge in [-0.05, 0) is 44.4 Å². The van der Waals surface area contributed by atoms with Crippen molar-refractivity contribution in [2.75, 3.05) is 24.6 Å². The minimum Gasteiger partial charge on any atom is -0.389 e. The van der Waals surface area contributed by atoms with E-state index in [2.05, 4.69) is 11.8 Å². The molecule has 2 rings (SSSR count). The fourth-order valence-corrected chi connectivity index (χ4v) is 2.73. The van der Waals surface area contributed by atoms with Gasteiger partial charge in [-0.2, -0.15) is 0 Å². The lowest BCUT2D eigenvalue weighted by Crippen LogP contribution is -2.40. The highest BCUT2D eigenvalue weighted by atomic mass is 19.1. The first-order chi connectivity index (χ1) is 9.61. The molecule has 1 saturated heterocycles.